The number of allylic oxidation sites excluding steroid dienone is 2. The number of rotatable bonds is 8. The molecule has 1 saturated carbocycles. The molecule has 8 nitrogen and oxygen atoms in total. The van der Waals surface area contributed by atoms with E-state index in [0.717, 1.165) is 36.1 Å². The average molecular weight is 473 g/mol. The van der Waals surface area contributed by atoms with Gasteiger partial charge in [0.05, 0.1) is 12.0 Å². The molecule has 1 unspecified atom stereocenters. The third-order valence-electron chi connectivity index (χ3n) is 6.88. The van der Waals surface area contributed by atoms with Gasteiger partial charge in [-0.1, -0.05) is 25.1 Å². The average Bonchev–Trinajstić information content (AvgIpc) is 3.38. The van der Waals surface area contributed by atoms with E-state index < -0.39 is 15.6 Å². The highest BCUT2D eigenvalue weighted by Crippen LogP contribution is 2.42. The van der Waals surface area contributed by atoms with Gasteiger partial charge < -0.3 is 14.0 Å². The Bertz CT molecular complexity index is 1120. The second-order valence-electron chi connectivity index (χ2n) is 8.73. The minimum Gasteiger partial charge on any atom is -0.497 e. The molecule has 0 amide bonds. The number of hydrogen-bond acceptors (Lipinski definition) is 6. The zero-order valence-electron chi connectivity index (χ0n) is 19.4. The lowest BCUT2D eigenvalue weighted by molar-refractivity contribution is 0.0283. The van der Waals surface area contributed by atoms with Crippen LogP contribution in [0, 0.1) is 0 Å². The summed E-state index contributed by atoms with van der Waals surface area (Å²) in [6.45, 7) is 1.96. The summed E-state index contributed by atoms with van der Waals surface area (Å²) >= 11 is 0. The van der Waals surface area contributed by atoms with Gasteiger partial charge in [-0.15, -0.1) is 10.2 Å². The maximum Gasteiger partial charge on any atom is 0.239 e. The van der Waals surface area contributed by atoms with Crippen LogP contribution in [0.3, 0.4) is 0 Å². The minimum atomic E-state index is -3.75. The summed E-state index contributed by atoms with van der Waals surface area (Å²) in [5.41, 5.74) is 1.08. The molecule has 4 rings (SSSR count). The monoisotopic (exact) mass is 472 g/mol. The van der Waals surface area contributed by atoms with Crippen molar-refractivity contribution >= 4 is 15.6 Å². The van der Waals surface area contributed by atoms with E-state index in [1.54, 1.807) is 33.0 Å². The Labute approximate surface area is 195 Å². The highest BCUT2D eigenvalue weighted by molar-refractivity contribution is 7.93. The number of benzene rings is 1. The Morgan fingerprint density at radius 2 is 1.97 bits per heavy atom. The van der Waals surface area contributed by atoms with E-state index in [-0.39, 0.29) is 17.0 Å². The fraction of sp³-hybridized carbons (Fsp3) is 0.500. The van der Waals surface area contributed by atoms with Gasteiger partial charge in [0.2, 0.25) is 10.0 Å². The molecule has 2 aliphatic rings. The Morgan fingerprint density at radius 1 is 1.18 bits per heavy atom. The summed E-state index contributed by atoms with van der Waals surface area (Å²) in [5.74, 6) is 0.761. The molecule has 0 saturated heterocycles. The lowest BCUT2D eigenvalue weighted by atomic mass is 9.84. The second-order valence-corrected chi connectivity index (χ2v) is 10.4. The molecule has 3 atom stereocenters. The van der Waals surface area contributed by atoms with Crippen LogP contribution in [-0.4, -0.2) is 49.0 Å². The number of aromatic nitrogens is 3. The molecule has 9 heteroatoms. The Kier molecular flexibility index (Phi) is 7.02. The SMILES string of the molecule is CCC1(OC)CC(c2cccc(OC)c2)=CC=C1S(=O)(=O)N[C@H]1CCC[C@@H](n2cnnc2)C1. The third kappa shape index (κ3) is 4.90. The van der Waals surface area contributed by atoms with Crippen LogP contribution in [0.15, 0.2) is 54.0 Å². The number of ether oxygens (including phenoxy) is 2. The van der Waals surface area contributed by atoms with Crippen molar-refractivity contribution in [3.05, 3.63) is 59.5 Å². The van der Waals surface area contributed by atoms with E-state index in [0.29, 0.717) is 19.3 Å². The largest absolute Gasteiger partial charge is 0.497 e. The predicted octanol–water partition coefficient (Wildman–Crippen LogP) is 3.86. The van der Waals surface area contributed by atoms with Gasteiger partial charge in [0, 0.05) is 25.6 Å². The van der Waals surface area contributed by atoms with E-state index in [4.69, 9.17) is 9.47 Å². The number of nitrogens with zero attached hydrogens (tertiary/aromatic N) is 3. The third-order valence-corrected chi connectivity index (χ3v) is 8.61. The van der Waals surface area contributed by atoms with Gasteiger partial charge in [-0.3, -0.25) is 0 Å². The number of hydrogen-bond donors (Lipinski definition) is 1. The number of methoxy groups -OCH3 is 2. The van der Waals surface area contributed by atoms with Gasteiger partial charge in [0.1, 0.15) is 24.0 Å². The Hall–Kier alpha value is -2.49. The van der Waals surface area contributed by atoms with Crippen LogP contribution in [0.2, 0.25) is 0 Å². The van der Waals surface area contributed by atoms with Crippen LogP contribution in [0.5, 0.6) is 5.75 Å². The fourth-order valence-corrected chi connectivity index (χ4v) is 6.79. The van der Waals surface area contributed by atoms with Gasteiger partial charge >= 0.3 is 0 Å². The molecular formula is C24H32N4O4S. The van der Waals surface area contributed by atoms with Gasteiger partial charge in [0.25, 0.3) is 0 Å². The highest BCUT2D eigenvalue weighted by atomic mass is 32.2. The van der Waals surface area contributed by atoms with E-state index in [1.165, 1.54) is 0 Å². The molecule has 1 aromatic carbocycles. The summed E-state index contributed by atoms with van der Waals surface area (Å²) in [7, 11) is -0.528. The molecule has 1 aromatic heterocycles. The lowest BCUT2D eigenvalue weighted by Crippen LogP contribution is -2.46. The van der Waals surface area contributed by atoms with Gasteiger partial charge in [-0.05, 0) is 61.4 Å². The van der Waals surface area contributed by atoms with Gasteiger partial charge in [0.15, 0.2) is 0 Å². The maximum absolute atomic E-state index is 13.6. The van der Waals surface area contributed by atoms with Crippen LogP contribution in [0.25, 0.3) is 5.57 Å². The van der Waals surface area contributed by atoms with Crippen LogP contribution in [0.1, 0.15) is 57.1 Å². The van der Waals surface area contributed by atoms with Crippen molar-refractivity contribution in [3.63, 3.8) is 0 Å². The second kappa shape index (κ2) is 9.79. The van der Waals surface area contributed by atoms with E-state index >= 15 is 0 Å². The normalized spacial score (nSPS) is 25.9. The summed E-state index contributed by atoms with van der Waals surface area (Å²) < 4.78 is 43.4. The van der Waals surface area contributed by atoms with Crippen molar-refractivity contribution in [2.45, 2.75) is 63.1 Å². The van der Waals surface area contributed by atoms with Crippen molar-refractivity contribution in [1.29, 1.82) is 0 Å². The van der Waals surface area contributed by atoms with Crippen molar-refractivity contribution in [3.8, 4) is 5.75 Å². The zero-order valence-corrected chi connectivity index (χ0v) is 20.2. The molecular weight excluding hydrogens is 440 g/mol. The van der Waals surface area contributed by atoms with Crippen molar-refractivity contribution < 1.29 is 17.9 Å². The molecule has 178 valence electrons. The summed E-state index contributed by atoms with van der Waals surface area (Å²) in [6, 6.07) is 7.84. The minimum absolute atomic E-state index is 0.146. The molecule has 0 aliphatic heterocycles. The Morgan fingerprint density at radius 3 is 2.67 bits per heavy atom. The molecule has 0 bridgehead atoms. The van der Waals surface area contributed by atoms with E-state index in [9.17, 15) is 8.42 Å². The summed E-state index contributed by atoms with van der Waals surface area (Å²) in [5, 5.41) is 7.78. The Balaban J connectivity index is 1.60. The first kappa shape index (κ1) is 23.7. The van der Waals surface area contributed by atoms with Gasteiger partial charge in [-0.2, -0.15) is 0 Å². The van der Waals surface area contributed by atoms with Crippen LogP contribution in [0.4, 0.5) is 0 Å². The molecule has 2 aromatic rings. The van der Waals surface area contributed by atoms with E-state index in [2.05, 4.69) is 14.9 Å². The fourth-order valence-electron chi connectivity index (χ4n) is 4.98. The van der Waals surface area contributed by atoms with Crippen LogP contribution in [-0.2, 0) is 14.8 Å². The maximum atomic E-state index is 13.6. The first-order valence-corrected chi connectivity index (χ1v) is 12.9. The predicted molar refractivity (Wildman–Crippen MR) is 127 cm³/mol. The van der Waals surface area contributed by atoms with Crippen molar-refractivity contribution in [1.82, 2.24) is 19.5 Å². The molecule has 1 heterocycles. The van der Waals surface area contributed by atoms with Crippen LogP contribution < -0.4 is 9.46 Å². The lowest BCUT2D eigenvalue weighted by Gasteiger charge is -2.38. The first-order valence-electron chi connectivity index (χ1n) is 11.4. The molecule has 0 spiro atoms. The standard InChI is InChI=1S/C24H32N4O4S/c1-4-24(32-3)15-19(18-7-5-10-22(13-18)31-2)11-12-23(24)33(29,30)27-20-8-6-9-21(14-20)28-16-25-26-17-28/h5,7,10-13,16-17,20-21,27H,4,6,8-9,14-15H2,1-3H3/t20-,21+,24?/m0/s1. The van der Waals surface area contributed by atoms with E-state index in [1.807, 2.05) is 41.8 Å². The molecule has 1 fully saturated rings. The number of nitrogens with one attached hydrogen (secondary N) is 1. The first-order chi connectivity index (χ1) is 15.9. The molecule has 0 radical (unpaired) electrons. The smallest absolute Gasteiger partial charge is 0.239 e. The molecule has 1 N–H and O–H groups in total. The summed E-state index contributed by atoms with van der Waals surface area (Å²) in [4.78, 5) is 0.290. The van der Waals surface area contributed by atoms with Gasteiger partial charge in [-0.25, -0.2) is 13.1 Å². The zero-order chi connectivity index (χ0) is 23.5. The van der Waals surface area contributed by atoms with Crippen molar-refractivity contribution in [2.24, 2.45) is 0 Å². The molecule has 33 heavy (non-hydrogen) atoms. The topological polar surface area (TPSA) is 95.3 Å². The molecule has 2 aliphatic carbocycles. The van der Waals surface area contributed by atoms with Crippen molar-refractivity contribution in [2.75, 3.05) is 14.2 Å². The highest BCUT2D eigenvalue weighted by Gasteiger charge is 2.43. The quantitative estimate of drug-likeness (QED) is 0.627. The summed E-state index contributed by atoms with van der Waals surface area (Å²) in [6.07, 6.45) is 11.4. The van der Waals surface area contributed by atoms with Crippen LogP contribution >= 0.6 is 0 Å². The number of sulfonamides is 1.